The summed E-state index contributed by atoms with van der Waals surface area (Å²) in [5, 5.41) is 0. The van der Waals surface area contributed by atoms with Crippen molar-refractivity contribution in [2.24, 2.45) is 0 Å². The van der Waals surface area contributed by atoms with Crippen molar-refractivity contribution in [3.05, 3.63) is 61.2 Å². The van der Waals surface area contributed by atoms with Crippen LogP contribution in [0.5, 0.6) is 0 Å². The SMILES string of the molecule is S=P12SP3(=S)SP(=S)(S1)SP(=S)(S2)S3.S=P12SP3(=S)SP(=S)(S1)SP(=S)(S2)S3.c1ccncc1.c1ccncc1. The largest absolute Gasteiger partial charge is 0.265 e. The molecule has 0 aromatic carbocycles. The summed E-state index contributed by atoms with van der Waals surface area (Å²) in [5.74, 6) is 0. The van der Waals surface area contributed by atoms with Gasteiger partial charge in [-0.3, -0.25) is 9.97 Å². The molecule has 0 saturated carbocycles. The maximum Gasteiger partial charge on any atom is 0.128 e. The zero-order valence-electron chi connectivity index (χ0n) is 18.4. The second-order valence-corrected chi connectivity index (χ2v) is 125. The topological polar surface area (TPSA) is 25.8 Å². The minimum absolute atomic E-state index is 1.41. The quantitative estimate of drug-likeness (QED) is 0.234. The molecule has 10 heterocycles. The molecule has 0 N–H and O–H groups in total. The first-order valence-corrected chi connectivity index (χ1v) is 56.3. The Morgan fingerprint density at radius 3 is 0.500 bits per heavy atom. The van der Waals surface area contributed by atoms with Crippen LogP contribution in [0.25, 0.3) is 0 Å². The van der Waals surface area contributed by atoms with E-state index in [0.29, 0.717) is 0 Å². The smallest absolute Gasteiger partial charge is 0.128 e. The summed E-state index contributed by atoms with van der Waals surface area (Å²) >= 11 is 69.1. The molecule has 2 nitrogen and oxygen atoms in total. The lowest BCUT2D eigenvalue weighted by Gasteiger charge is -2.51. The Morgan fingerprint density at radius 1 is 0.275 bits per heavy atom. The normalized spacial score (nSPS) is 48.4. The van der Waals surface area contributed by atoms with Crippen LogP contribution in [0.15, 0.2) is 61.2 Å². The van der Waals surface area contributed by atoms with E-state index in [4.69, 9.17) is 94.5 Å². The molecule has 0 atom stereocenters. The maximum absolute atomic E-state index is 5.75. The van der Waals surface area contributed by atoms with Gasteiger partial charge in [-0.2, -0.15) is 0 Å². The molecule has 0 aliphatic carbocycles. The number of hydrogen-bond acceptors (Lipinski definition) is 22. The van der Waals surface area contributed by atoms with Crippen LogP contribution in [-0.2, 0) is 94.5 Å². The van der Waals surface area contributed by atoms with Crippen molar-refractivity contribution in [3.63, 3.8) is 0 Å². The average Bonchev–Trinajstić information content (AvgIpc) is 2.75. The molecule has 8 aliphatic heterocycles. The molecule has 2 aromatic rings. The predicted octanol–water partition coefficient (Wildman–Crippen LogP) is 16.8. The molecule has 0 unspecified atom stereocenters. The van der Waals surface area contributed by atoms with Gasteiger partial charge in [-0.1, -0.05) is 107 Å². The van der Waals surface area contributed by atoms with Crippen molar-refractivity contribution < 1.29 is 0 Å². The molecule has 220 valence electrons. The Labute approximate surface area is 320 Å². The van der Waals surface area contributed by atoms with Crippen LogP contribution in [0.1, 0.15) is 0 Å². The van der Waals surface area contributed by atoms with E-state index in [9.17, 15) is 0 Å². The van der Waals surface area contributed by atoms with E-state index in [2.05, 4.69) is 9.97 Å². The average molecular weight is 1050 g/mol. The Kier molecular flexibility index (Phi) is 14.9. The highest BCUT2D eigenvalue weighted by Crippen LogP contribution is 3.31. The maximum atomic E-state index is 5.75. The van der Waals surface area contributed by atoms with Crippen molar-refractivity contribution >= 4 is 256 Å². The number of rotatable bonds is 0. The van der Waals surface area contributed by atoms with Crippen molar-refractivity contribution in [2.45, 2.75) is 0 Å². The summed E-state index contributed by atoms with van der Waals surface area (Å²) in [6.07, 6.45) is 7.00. The molecule has 8 bridgehead atoms. The molecular weight excluding hydrogens is 1040 g/mol. The lowest BCUT2D eigenvalue weighted by Crippen LogP contribution is -1.83. The Bertz CT molecular complexity index is 1200. The van der Waals surface area contributed by atoms with Gasteiger partial charge in [0.1, 0.15) is 29.1 Å². The monoisotopic (exact) mass is 1050 g/mol. The third-order valence-corrected chi connectivity index (χ3v) is 196. The highest BCUT2D eigenvalue weighted by Gasteiger charge is 2.61. The van der Waals surface area contributed by atoms with Crippen molar-refractivity contribution in [1.29, 1.82) is 0 Å². The Hall–Kier alpha value is 7.70. The molecule has 0 amide bonds. The van der Waals surface area contributed by atoms with Crippen LogP contribution in [0.3, 0.4) is 0 Å². The first-order chi connectivity index (χ1) is 18.5. The van der Waals surface area contributed by atoms with E-state index in [0.717, 1.165) is 0 Å². The zero-order valence-corrected chi connectivity index (χ0v) is 41.9. The summed E-state index contributed by atoms with van der Waals surface area (Å²) in [6.45, 7) is 0. The predicted molar refractivity (Wildman–Crippen MR) is 254 cm³/mol. The third kappa shape index (κ3) is 10.9. The Morgan fingerprint density at radius 2 is 0.425 bits per heavy atom. The van der Waals surface area contributed by atoms with Crippen molar-refractivity contribution in [2.75, 3.05) is 0 Å². The van der Waals surface area contributed by atoms with Gasteiger partial charge in [-0.15, -0.1) is 0 Å². The van der Waals surface area contributed by atoms with Gasteiger partial charge in [0.2, 0.25) is 0 Å². The van der Waals surface area contributed by atoms with E-state index < -0.39 is 29.1 Å². The second kappa shape index (κ2) is 15.4. The molecule has 8 saturated heterocycles. The van der Waals surface area contributed by atoms with E-state index in [-0.39, 0.29) is 0 Å². The molecule has 8 fully saturated rings. The van der Waals surface area contributed by atoms with Crippen LogP contribution in [0.4, 0.5) is 0 Å². The van der Waals surface area contributed by atoms with Gasteiger partial charge < -0.3 is 0 Å². The number of nitrogens with zero attached hydrogens (tertiary/aromatic N) is 2. The van der Waals surface area contributed by atoms with Crippen molar-refractivity contribution in [3.8, 4) is 0 Å². The lowest BCUT2D eigenvalue weighted by molar-refractivity contribution is 1.33. The van der Waals surface area contributed by atoms with Gasteiger partial charge in [0.15, 0.2) is 0 Å². The van der Waals surface area contributed by atoms with Gasteiger partial charge in [0, 0.05) is 24.8 Å². The van der Waals surface area contributed by atoms with Gasteiger partial charge >= 0.3 is 0 Å². The van der Waals surface area contributed by atoms with Crippen LogP contribution >= 0.6 is 161 Å². The standard InChI is InChI=1S/2C5H5N.2P4S10/c2*1-2-4-6-5-3-1;2*5-1-9-2(6)12-3(7,10-1)14-4(8,11-1)13-2/h2*1-5H;;. The first kappa shape index (κ1) is 38.9. The van der Waals surface area contributed by atoms with Crippen LogP contribution in [0.2, 0.25) is 0 Å². The molecule has 30 heteroatoms. The summed E-state index contributed by atoms with van der Waals surface area (Å²) in [7, 11) is 0. The molecular formula is C10H10N2P8S20. The highest BCUT2D eigenvalue weighted by atomic mass is 34.1. The molecule has 40 heavy (non-hydrogen) atoms. The summed E-state index contributed by atoms with van der Waals surface area (Å²) < 4.78 is -11.3. The van der Waals surface area contributed by atoms with E-state index >= 15 is 0 Å². The molecule has 8 aliphatic rings. The minimum Gasteiger partial charge on any atom is -0.265 e. The van der Waals surface area contributed by atoms with E-state index in [1.54, 1.807) is 24.8 Å². The fourth-order valence-corrected chi connectivity index (χ4v) is 445. The van der Waals surface area contributed by atoms with Crippen LogP contribution < -0.4 is 0 Å². The van der Waals surface area contributed by atoms with Gasteiger partial charge in [0.05, 0.1) is 0 Å². The highest BCUT2D eigenvalue weighted by molar-refractivity contribution is 9.84. The third-order valence-electron chi connectivity index (χ3n) is 3.53. The van der Waals surface area contributed by atoms with E-state index in [1.807, 2.05) is 168 Å². The second-order valence-electron chi connectivity index (χ2n) is 6.61. The van der Waals surface area contributed by atoms with E-state index in [1.165, 1.54) is 0 Å². The number of aromatic nitrogens is 2. The zero-order chi connectivity index (χ0) is 29.0. The molecule has 2 aromatic heterocycles. The summed E-state index contributed by atoms with van der Waals surface area (Å²) in [5.41, 5.74) is 0. The summed E-state index contributed by atoms with van der Waals surface area (Å²) in [4.78, 5) is 7.57. The Balaban J connectivity index is 0.000000116. The van der Waals surface area contributed by atoms with Gasteiger partial charge in [0.25, 0.3) is 0 Å². The van der Waals surface area contributed by atoms with Crippen LogP contribution in [-0.4, -0.2) is 9.97 Å². The molecule has 0 spiro atoms. The number of pyridine rings is 2. The lowest BCUT2D eigenvalue weighted by atomic mass is 10.5. The van der Waals surface area contributed by atoms with Crippen molar-refractivity contribution in [1.82, 2.24) is 9.97 Å². The van der Waals surface area contributed by atoms with Crippen LogP contribution in [0, 0.1) is 0 Å². The fourth-order valence-electron chi connectivity index (χ4n) is 2.45. The fraction of sp³-hybridized carbons (Fsp3) is 0. The molecule has 0 radical (unpaired) electrons. The first-order valence-electron chi connectivity index (χ1n) is 9.54. The minimum atomic E-state index is -1.41. The molecule has 10 rings (SSSR count). The number of hydrogen-bond donors (Lipinski definition) is 0. The van der Waals surface area contributed by atoms with Gasteiger partial charge in [-0.25, -0.2) is 0 Å². The summed E-state index contributed by atoms with van der Waals surface area (Å²) in [6, 6.07) is 11.4. The van der Waals surface area contributed by atoms with Gasteiger partial charge in [-0.05, 0) is 156 Å².